The number of benzene rings is 3. The van der Waals surface area contributed by atoms with Gasteiger partial charge in [0.25, 0.3) is 5.89 Å². The molecule has 0 aliphatic rings. The third kappa shape index (κ3) is 5.93. The summed E-state index contributed by atoms with van der Waals surface area (Å²) in [6.45, 7) is -0.205. The molecule has 10 nitrogen and oxygen atoms in total. The van der Waals surface area contributed by atoms with E-state index in [1.807, 2.05) is 18.2 Å². The van der Waals surface area contributed by atoms with Gasteiger partial charge in [0, 0.05) is 17.4 Å². The Balaban J connectivity index is 1.32. The van der Waals surface area contributed by atoms with E-state index in [1.54, 1.807) is 61.7 Å². The van der Waals surface area contributed by atoms with Crippen LogP contribution in [-0.4, -0.2) is 36.4 Å². The van der Waals surface area contributed by atoms with Gasteiger partial charge in [-0.2, -0.15) is 4.98 Å². The van der Waals surface area contributed by atoms with Crippen LogP contribution in [0.15, 0.2) is 77.3 Å². The second-order valence-electron chi connectivity index (χ2n) is 7.18. The van der Waals surface area contributed by atoms with Crippen molar-refractivity contribution >= 4 is 23.4 Å². The number of para-hydroxylation sites is 1. The van der Waals surface area contributed by atoms with Crippen LogP contribution in [0.1, 0.15) is 16.2 Å². The van der Waals surface area contributed by atoms with E-state index in [9.17, 15) is 9.59 Å². The number of nitrogens with zero attached hydrogens (tertiary/aromatic N) is 2. The Morgan fingerprint density at radius 1 is 0.886 bits per heavy atom. The van der Waals surface area contributed by atoms with E-state index in [2.05, 4.69) is 20.8 Å². The first-order valence-electron chi connectivity index (χ1n) is 10.5. The van der Waals surface area contributed by atoms with Gasteiger partial charge in [-0.05, 0) is 48.5 Å². The van der Waals surface area contributed by atoms with Gasteiger partial charge in [-0.1, -0.05) is 23.4 Å². The van der Waals surface area contributed by atoms with Gasteiger partial charge in [0.05, 0.1) is 25.3 Å². The van der Waals surface area contributed by atoms with E-state index in [-0.39, 0.29) is 12.5 Å². The maximum absolute atomic E-state index is 12.4. The molecule has 4 rings (SSSR count). The molecule has 3 aromatic carbocycles. The highest BCUT2D eigenvalue weighted by atomic mass is 16.6. The lowest BCUT2D eigenvalue weighted by molar-refractivity contribution is 0.0430. The van der Waals surface area contributed by atoms with Crippen molar-refractivity contribution in [1.29, 1.82) is 0 Å². The van der Waals surface area contributed by atoms with Gasteiger partial charge in [0.2, 0.25) is 5.82 Å². The summed E-state index contributed by atoms with van der Waals surface area (Å²) >= 11 is 0. The first kappa shape index (κ1) is 23.3. The maximum Gasteiger partial charge on any atom is 0.338 e. The molecule has 35 heavy (non-hydrogen) atoms. The smallest absolute Gasteiger partial charge is 0.338 e. The molecule has 0 radical (unpaired) electrons. The number of anilines is 2. The number of methoxy groups -OCH3 is 2. The quantitative estimate of drug-likeness (QED) is 0.350. The fourth-order valence-electron chi connectivity index (χ4n) is 3.12. The molecule has 178 valence electrons. The number of carbonyl (C=O) groups excluding carboxylic acids is 2. The molecule has 1 aromatic heterocycles. The maximum atomic E-state index is 12.4. The molecule has 10 heteroatoms. The Labute approximate surface area is 200 Å². The zero-order chi connectivity index (χ0) is 24.6. The van der Waals surface area contributed by atoms with Crippen LogP contribution in [0.3, 0.4) is 0 Å². The van der Waals surface area contributed by atoms with Gasteiger partial charge in [0.15, 0.2) is 6.61 Å². The van der Waals surface area contributed by atoms with Crippen LogP contribution in [0, 0.1) is 0 Å². The first-order chi connectivity index (χ1) is 17.1. The van der Waals surface area contributed by atoms with E-state index in [4.69, 9.17) is 18.7 Å². The second-order valence-corrected chi connectivity index (χ2v) is 7.18. The minimum Gasteiger partial charge on any atom is -0.497 e. The molecule has 0 bridgehead atoms. The zero-order valence-corrected chi connectivity index (χ0v) is 19.0. The highest BCUT2D eigenvalue weighted by molar-refractivity contribution is 6.00. The van der Waals surface area contributed by atoms with E-state index in [0.717, 1.165) is 0 Å². The molecule has 0 saturated carbocycles. The predicted molar refractivity (Wildman–Crippen MR) is 127 cm³/mol. The summed E-state index contributed by atoms with van der Waals surface area (Å²) in [7, 11) is 3.08. The van der Waals surface area contributed by atoms with Crippen molar-refractivity contribution in [2.24, 2.45) is 0 Å². The normalized spacial score (nSPS) is 10.3. The van der Waals surface area contributed by atoms with Gasteiger partial charge in [-0.15, -0.1) is 0 Å². The molecule has 4 aromatic rings. The number of rotatable bonds is 8. The lowest BCUT2D eigenvalue weighted by Crippen LogP contribution is -2.19. The Morgan fingerprint density at radius 3 is 2.29 bits per heavy atom. The highest BCUT2D eigenvalue weighted by Crippen LogP contribution is 2.31. The van der Waals surface area contributed by atoms with Gasteiger partial charge in [-0.25, -0.2) is 9.59 Å². The Hall–Kier alpha value is -4.86. The van der Waals surface area contributed by atoms with Crippen molar-refractivity contribution in [2.45, 2.75) is 6.61 Å². The monoisotopic (exact) mass is 474 g/mol. The lowest BCUT2D eigenvalue weighted by Gasteiger charge is -2.08. The predicted octanol–water partition coefficient (Wildman–Crippen LogP) is 4.75. The van der Waals surface area contributed by atoms with Crippen LogP contribution in [0.5, 0.6) is 11.5 Å². The molecule has 0 aliphatic heterocycles. The Bertz CT molecular complexity index is 1310. The van der Waals surface area contributed by atoms with Crippen LogP contribution >= 0.6 is 0 Å². The lowest BCUT2D eigenvalue weighted by atomic mass is 10.2. The van der Waals surface area contributed by atoms with Gasteiger partial charge in [0.1, 0.15) is 11.5 Å². The van der Waals surface area contributed by atoms with Crippen molar-refractivity contribution in [1.82, 2.24) is 10.1 Å². The number of amides is 2. The van der Waals surface area contributed by atoms with E-state index >= 15 is 0 Å². The molecule has 0 fully saturated rings. The fourth-order valence-corrected chi connectivity index (χ4v) is 3.12. The molecule has 0 unspecified atom stereocenters. The number of aromatic nitrogens is 2. The summed E-state index contributed by atoms with van der Waals surface area (Å²) in [5, 5.41) is 9.34. The van der Waals surface area contributed by atoms with Gasteiger partial charge >= 0.3 is 12.0 Å². The van der Waals surface area contributed by atoms with Gasteiger partial charge in [-0.3, -0.25) is 0 Å². The molecular formula is C25H22N4O6. The van der Waals surface area contributed by atoms with Crippen LogP contribution in [0.25, 0.3) is 11.4 Å². The molecule has 0 aliphatic carbocycles. The first-order valence-corrected chi connectivity index (χ1v) is 10.5. The van der Waals surface area contributed by atoms with Crippen molar-refractivity contribution in [2.75, 3.05) is 24.9 Å². The SMILES string of the molecule is COc1ccc(-c2noc(COC(=O)c3ccc(NC(=O)Nc4ccccc4)cc3)n2)c(OC)c1. The average Bonchev–Trinajstić information content (AvgIpc) is 3.36. The van der Waals surface area contributed by atoms with Crippen LogP contribution in [0.4, 0.5) is 16.2 Å². The summed E-state index contributed by atoms with van der Waals surface area (Å²) < 4.78 is 21.0. The number of ether oxygens (including phenoxy) is 3. The van der Waals surface area contributed by atoms with Crippen LogP contribution in [0.2, 0.25) is 0 Å². The van der Waals surface area contributed by atoms with Crippen molar-refractivity contribution in [3.63, 3.8) is 0 Å². The molecule has 2 amide bonds. The van der Waals surface area contributed by atoms with E-state index in [1.165, 1.54) is 7.11 Å². The number of nitrogens with one attached hydrogen (secondary N) is 2. The highest BCUT2D eigenvalue weighted by Gasteiger charge is 2.16. The van der Waals surface area contributed by atoms with E-state index < -0.39 is 12.0 Å². The van der Waals surface area contributed by atoms with Crippen LogP contribution in [-0.2, 0) is 11.3 Å². The number of hydrogen-bond acceptors (Lipinski definition) is 8. The molecule has 2 N–H and O–H groups in total. The number of hydrogen-bond donors (Lipinski definition) is 2. The zero-order valence-electron chi connectivity index (χ0n) is 19.0. The summed E-state index contributed by atoms with van der Waals surface area (Å²) in [6, 6.07) is 20.1. The molecule has 0 saturated heterocycles. The average molecular weight is 474 g/mol. The number of urea groups is 1. The second kappa shape index (κ2) is 10.8. The minimum absolute atomic E-state index is 0.127. The molecular weight excluding hydrogens is 452 g/mol. The summed E-state index contributed by atoms with van der Waals surface area (Å²) in [5.41, 5.74) is 2.09. The third-order valence-corrected chi connectivity index (χ3v) is 4.85. The number of esters is 1. The van der Waals surface area contributed by atoms with Crippen molar-refractivity contribution in [3.05, 3.63) is 84.3 Å². The van der Waals surface area contributed by atoms with E-state index in [0.29, 0.717) is 39.8 Å². The summed E-state index contributed by atoms with van der Waals surface area (Å²) in [5.74, 6) is 0.982. The topological polar surface area (TPSA) is 125 Å². The minimum atomic E-state index is -0.577. The standard InChI is InChI=1S/C25H22N4O6/c1-32-19-12-13-20(21(14-19)33-2)23-28-22(35-29-23)15-34-24(30)16-8-10-18(11-9-16)27-25(31)26-17-6-4-3-5-7-17/h3-14H,15H2,1-2H3,(H2,26,27,31). The Kier molecular flexibility index (Phi) is 7.22. The number of carbonyl (C=O) groups is 2. The van der Waals surface area contributed by atoms with Gasteiger partial charge < -0.3 is 29.4 Å². The van der Waals surface area contributed by atoms with Crippen LogP contribution < -0.4 is 20.1 Å². The molecule has 0 spiro atoms. The molecule has 1 heterocycles. The molecule has 0 atom stereocenters. The fraction of sp³-hybridized carbons (Fsp3) is 0.120. The van der Waals surface area contributed by atoms with Crippen molar-refractivity contribution in [3.8, 4) is 22.9 Å². The third-order valence-electron chi connectivity index (χ3n) is 4.85. The van der Waals surface area contributed by atoms with Crippen molar-refractivity contribution < 1.29 is 28.3 Å². The largest absolute Gasteiger partial charge is 0.497 e. The summed E-state index contributed by atoms with van der Waals surface area (Å²) in [6.07, 6.45) is 0. The Morgan fingerprint density at radius 2 is 1.60 bits per heavy atom. The summed E-state index contributed by atoms with van der Waals surface area (Å²) in [4.78, 5) is 28.7.